The number of phosphoric ester groups is 1. The van der Waals surface area contributed by atoms with E-state index in [1.807, 2.05) is 12.3 Å². The number of fused-ring (bicyclic) bond motifs is 1. The summed E-state index contributed by atoms with van der Waals surface area (Å²) >= 11 is 1.34. The third-order valence-corrected chi connectivity index (χ3v) is 5.77. The zero-order valence-electron chi connectivity index (χ0n) is 14.9. The van der Waals surface area contributed by atoms with Crippen molar-refractivity contribution in [2.24, 2.45) is 0 Å². The van der Waals surface area contributed by atoms with E-state index in [0.29, 0.717) is 16.2 Å². The Bertz CT molecular complexity index is 1100. The fourth-order valence-corrected chi connectivity index (χ4v) is 4.43. The van der Waals surface area contributed by atoms with Crippen molar-refractivity contribution in [1.29, 1.82) is 0 Å². The minimum Gasteiger partial charge on any atom is -0.394 e. The molecule has 15 heteroatoms. The number of nitrogen functional groups attached to an aromatic ring is 1. The number of rotatable bonds is 5. The Balaban J connectivity index is 1.83. The van der Waals surface area contributed by atoms with Crippen LogP contribution in [0.3, 0.4) is 0 Å². The van der Waals surface area contributed by atoms with Gasteiger partial charge in [-0.3, -0.25) is 9.09 Å². The Kier molecular flexibility index (Phi) is 5.13. The van der Waals surface area contributed by atoms with E-state index in [1.54, 1.807) is 0 Å². The Hall–Kier alpha value is -2.03. The van der Waals surface area contributed by atoms with Gasteiger partial charge >= 0.3 is 7.82 Å². The van der Waals surface area contributed by atoms with Gasteiger partial charge in [-0.05, 0) is 6.92 Å². The molecule has 3 aromatic rings. The van der Waals surface area contributed by atoms with Crippen molar-refractivity contribution < 1.29 is 33.8 Å². The number of aromatic nitrogens is 5. The predicted molar refractivity (Wildman–Crippen MR) is 99.5 cm³/mol. The van der Waals surface area contributed by atoms with Gasteiger partial charge in [0.15, 0.2) is 11.9 Å². The standard InChI is InChI=1S/C14H17N6O7PS/c1-5-3-29-12(17-5)8-7-11(19-14(15)18-8)20(4-16-7)13-10(27-28(23,24)25)9(22)6(2-21)26-13/h3-4,6,9-10,13,21-22H,2H2,1H3,(H2,15,18,19)(H2,23,24,25)/t6-,9-,10-,13-/m1/s1. The first-order chi connectivity index (χ1) is 13.7. The van der Waals surface area contributed by atoms with Crippen molar-refractivity contribution in [3.63, 3.8) is 0 Å². The molecule has 0 bridgehead atoms. The number of aryl methyl sites for hydroxylation is 1. The maximum Gasteiger partial charge on any atom is 0.470 e. The molecule has 4 heterocycles. The van der Waals surface area contributed by atoms with E-state index in [0.717, 1.165) is 5.69 Å². The number of nitrogens with two attached hydrogens (primary N) is 1. The summed E-state index contributed by atoms with van der Waals surface area (Å²) in [5.74, 6) is -0.0770. The van der Waals surface area contributed by atoms with E-state index < -0.39 is 39.0 Å². The van der Waals surface area contributed by atoms with Crippen molar-refractivity contribution in [2.45, 2.75) is 31.5 Å². The summed E-state index contributed by atoms with van der Waals surface area (Å²) in [6, 6.07) is 0. The molecule has 1 aliphatic rings. The summed E-state index contributed by atoms with van der Waals surface area (Å²) in [4.78, 5) is 35.4. The van der Waals surface area contributed by atoms with Crippen LogP contribution in [0, 0.1) is 6.92 Å². The highest BCUT2D eigenvalue weighted by Gasteiger charge is 2.48. The molecule has 0 radical (unpaired) electrons. The van der Waals surface area contributed by atoms with Gasteiger partial charge in [-0.15, -0.1) is 11.3 Å². The molecular weight excluding hydrogens is 427 g/mol. The molecule has 0 unspecified atom stereocenters. The second-order valence-corrected chi connectivity index (χ2v) is 8.40. The van der Waals surface area contributed by atoms with Gasteiger partial charge in [0, 0.05) is 11.1 Å². The van der Waals surface area contributed by atoms with Gasteiger partial charge in [0.2, 0.25) is 5.95 Å². The first-order valence-electron chi connectivity index (χ1n) is 8.29. The van der Waals surface area contributed by atoms with Crippen molar-refractivity contribution in [3.8, 4) is 10.7 Å². The molecule has 0 saturated carbocycles. The van der Waals surface area contributed by atoms with Crippen molar-refractivity contribution in [1.82, 2.24) is 24.5 Å². The van der Waals surface area contributed by atoms with Gasteiger partial charge < -0.3 is 30.5 Å². The third kappa shape index (κ3) is 3.76. The van der Waals surface area contributed by atoms with Gasteiger partial charge in [-0.2, -0.15) is 4.98 Å². The van der Waals surface area contributed by atoms with Crippen LogP contribution in [-0.2, 0) is 13.8 Å². The smallest absolute Gasteiger partial charge is 0.394 e. The van der Waals surface area contributed by atoms with E-state index in [1.165, 1.54) is 22.2 Å². The molecule has 1 fully saturated rings. The summed E-state index contributed by atoms with van der Waals surface area (Å²) in [5, 5.41) is 22.1. The van der Waals surface area contributed by atoms with E-state index in [2.05, 4.69) is 19.9 Å². The third-order valence-electron chi connectivity index (χ3n) is 4.29. The number of aliphatic hydroxyl groups is 2. The van der Waals surface area contributed by atoms with Crippen LogP contribution in [0.5, 0.6) is 0 Å². The molecular formula is C14H17N6O7PS. The number of hydrogen-bond donors (Lipinski definition) is 5. The van der Waals surface area contributed by atoms with Crippen LogP contribution < -0.4 is 5.73 Å². The SMILES string of the molecule is Cc1csc(-c2nc(N)nc3c2ncn3[C@@H]2O[C@H](CO)[C@@H](O)[C@H]2OP(=O)(O)O)n1. The molecule has 0 aromatic carbocycles. The maximum absolute atomic E-state index is 11.4. The van der Waals surface area contributed by atoms with Gasteiger partial charge in [0.25, 0.3) is 0 Å². The molecule has 3 aromatic heterocycles. The molecule has 1 aliphatic heterocycles. The second-order valence-electron chi connectivity index (χ2n) is 6.35. The maximum atomic E-state index is 11.4. The molecule has 6 N–H and O–H groups in total. The highest BCUT2D eigenvalue weighted by atomic mass is 32.1. The molecule has 13 nitrogen and oxygen atoms in total. The zero-order valence-corrected chi connectivity index (χ0v) is 16.6. The molecule has 4 atom stereocenters. The molecule has 1 saturated heterocycles. The lowest BCUT2D eigenvalue weighted by Crippen LogP contribution is -2.34. The number of anilines is 1. The Morgan fingerprint density at radius 3 is 2.76 bits per heavy atom. The molecule has 4 rings (SSSR count). The molecule has 156 valence electrons. The average molecular weight is 444 g/mol. The van der Waals surface area contributed by atoms with Crippen LogP contribution in [0.1, 0.15) is 11.9 Å². The first-order valence-corrected chi connectivity index (χ1v) is 10.7. The highest BCUT2D eigenvalue weighted by molar-refractivity contribution is 7.46. The summed E-state index contributed by atoms with van der Waals surface area (Å²) in [6.07, 6.45) is -4.06. The largest absolute Gasteiger partial charge is 0.470 e. The number of hydrogen-bond acceptors (Lipinski definition) is 11. The number of thiazole rings is 1. The normalized spacial score (nSPS) is 25.1. The molecule has 0 spiro atoms. The number of ether oxygens (including phenoxy) is 1. The van der Waals surface area contributed by atoms with Gasteiger partial charge in [0.05, 0.1) is 12.9 Å². The summed E-state index contributed by atoms with van der Waals surface area (Å²) in [7, 11) is -4.97. The first kappa shape index (κ1) is 20.3. The lowest BCUT2D eigenvalue weighted by atomic mass is 10.1. The van der Waals surface area contributed by atoms with Crippen LogP contribution in [-0.4, -0.2) is 69.4 Å². The van der Waals surface area contributed by atoms with E-state index in [-0.39, 0.29) is 11.6 Å². The number of nitrogens with zero attached hydrogens (tertiary/aromatic N) is 5. The zero-order chi connectivity index (χ0) is 20.9. The summed E-state index contributed by atoms with van der Waals surface area (Å²) in [5.41, 5.74) is 7.53. The molecule has 0 amide bonds. The van der Waals surface area contributed by atoms with Crippen LogP contribution in [0.25, 0.3) is 21.9 Å². The van der Waals surface area contributed by atoms with Crippen LogP contribution in [0.4, 0.5) is 5.95 Å². The van der Waals surface area contributed by atoms with Gasteiger partial charge in [0.1, 0.15) is 34.5 Å². The number of aliphatic hydroxyl groups excluding tert-OH is 2. The highest BCUT2D eigenvalue weighted by Crippen LogP contribution is 2.45. The fourth-order valence-electron chi connectivity index (χ4n) is 3.10. The Morgan fingerprint density at radius 1 is 1.38 bits per heavy atom. The lowest BCUT2D eigenvalue weighted by Gasteiger charge is -2.22. The van der Waals surface area contributed by atoms with E-state index >= 15 is 0 Å². The van der Waals surface area contributed by atoms with Crippen LogP contribution in [0.2, 0.25) is 0 Å². The Labute approximate surface area is 167 Å². The summed E-state index contributed by atoms with van der Waals surface area (Å²) in [6.45, 7) is 1.24. The topological polar surface area (TPSA) is 199 Å². The summed E-state index contributed by atoms with van der Waals surface area (Å²) < 4.78 is 23.0. The van der Waals surface area contributed by atoms with Crippen LogP contribution >= 0.6 is 19.2 Å². The quantitative estimate of drug-likeness (QED) is 0.319. The monoisotopic (exact) mass is 444 g/mol. The van der Waals surface area contributed by atoms with E-state index in [4.69, 9.17) is 15.0 Å². The van der Waals surface area contributed by atoms with Crippen molar-refractivity contribution in [2.75, 3.05) is 12.3 Å². The second kappa shape index (κ2) is 7.34. The minimum absolute atomic E-state index is 0.0770. The van der Waals surface area contributed by atoms with Crippen LogP contribution in [0.15, 0.2) is 11.7 Å². The Morgan fingerprint density at radius 2 is 2.14 bits per heavy atom. The van der Waals surface area contributed by atoms with Crippen molar-refractivity contribution >= 4 is 36.3 Å². The molecule has 29 heavy (non-hydrogen) atoms. The average Bonchev–Trinajstić information content (AvgIpc) is 3.32. The minimum atomic E-state index is -4.97. The van der Waals surface area contributed by atoms with Gasteiger partial charge in [-0.1, -0.05) is 0 Å². The van der Waals surface area contributed by atoms with E-state index in [9.17, 15) is 24.6 Å². The lowest BCUT2D eigenvalue weighted by molar-refractivity contribution is -0.0505. The van der Waals surface area contributed by atoms with Crippen molar-refractivity contribution in [3.05, 3.63) is 17.4 Å². The molecule has 0 aliphatic carbocycles. The predicted octanol–water partition coefficient (Wildman–Crippen LogP) is -0.431. The number of imidazole rings is 1. The van der Waals surface area contributed by atoms with Gasteiger partial charge in [-0.25, -0.2) is 19.5 Å². The number of phosphoric acid groups is 1. The fraction of sp³-hybridized carbons (Fsp3) is 0.429.